The lowest BCUT2D eigenvalue weighted by atomic mass is 9.94. The fourth-order valence-corrected chi connectivity index (χ4v) is 2.20. The fourth-order valence-electron chi connectivity index (χ4n) is 2.20. The normalized spacial score (nSPS) is 16.8. The molecule has 0 spiro atoms. The number of carboxylic acid groups (broad SMARTS) is 1. The average Bonchev–Trinajstić information content (AvgIpc) is 2.30. The number of rotatable bonds is 5. The quantitative estimate of drug-likeness (QED) is 0.726. The molecule has 0 aliphatic heterocycles. The number of carboxylic acids is 1. The Labute approximate surface area is 95.9 Å². The van der Waals surface area contributed by atoms with Crippen LogP contribution in [0, 0.1) is 0 Å². The van der Waals surface area contributed by atoms with Gasteiger partial charge in [0.05, 0.1) is 6.42 Å². The predicted octanol–water partition coefficient (Wildman–Crippen LogP) is 1.81. The summed E-state index contributed by atoms with van der Waals surface area (Å²) in [6, 6.07) is 0.207. The summed E-state index contributed by atoms with van der Waals surface area (Å²) in [5.41, 5.74) is 0. The topological polar surface area (TPSA) is 57.6 Å². The third kappa shape index (κ3) is 3.68. The van der Waals surface area contributed by atoms with Crippen LogP contribution < -0.4 is 0 Å². The van der Waals surface area contributed by atoms with E-state index in [1.807, 2.05) is 0 Å². The number of hydrogen-bond acceptors (Lipinski definition) is 2. The summed E-state index contributed by atoms with van der Waals surface area (Å²) in [6.07, 6.45) is 6.72. The zero-order chi connectivity index (χ0) is 12.0. The van der Waals surface area contributed by atoms with Crippen molar-refractivity contribution in [3.8, 4) is 0 Å². The molecule has 0 aromatic rings. The van der Waals surface area contributed by atoms with Crippen molar-refractivity contribution >= 4 is 11.9 Å². The lowest BCUT2D eigenvalue weighted by Gasteiger charge is -2.33. The highest BCUT2D eigenvalue weighted by Gasteiger charge is 2.23. The van der Waals surface area contributed by atoms with Crippen LogP contribution >= 0.6 is 0 Å². The maximum Gasteiger partial charge on any atom is 0.305 e. The Balaban J connectivity index is 2.57. The average molecular weight is 225 g/mol. The van der Waals surface area contributed by atoms with E-state index in [9.17, 15) is 9.59 Å². The van der Waals surface area contributed by atoms with E-state index in [-0.39, 0.29) is 18.4 Å². The predicted molar refractivity (Wildman–Crippen MR) is 61.0 cm³/mol. The second kappa shape index (κ2) is 6.30. The van der Waals surface area contributed by atoms with Crippen molar-refractivity contribution in [3.63, 3.8) is 0 Å². The van der Waals surface area contributed by atoms with Crippen LogP contribution in [-0.4, -0.2) is 34.5 Å². The van der Waals surface area contributed by atoms with Crippen LogP contribution in [0.4, 0.5) is 0 Å². The smallest absolute Gasteiger partial charge is 0.305 e. The minimum absolute atomic E-state index is 0.0100. The second-order valence-corrected chi connectivity index (χ2v) is 4.17. The Morgan fingerprint density at radius 2 is 1.94 bits per heavy atom. The molecule has 4 nitrogen and oxygen atoms in total. The van der Waals surface area contributed by atoms with Crippen LogP contribution in [0.2, 0.25) is 0 Å². The summed E-state index contributed by atoms with van der Waals surface area (Å²) in [5, 5.41) is 8.65. The molecular weight excluding hydrogens is 206 g/mol. The molecule has 0 aromatic carbocycles. The number of nitrogens with zero attached hydrogens (tertiary/aromatic N) is 1. The van der Waals surface area contributed by atoms with Crippen molar-refractivity contribution in [1.82, 2.24) is 4.90 Å². The Kier molecular flexibility index (Phi) is 5.02. The number of aliphatic carboxylic acids is 1. The van der Waals surface area contributed by atoms with E-state index in [4.69, 9.17) is 5.11 Å². The summed E-state index contributed by atoms with van der Waals surface area (Å²) >= 11 is 0. The molecule has 0 unspecified atom stereocenters. The van der Waals surface area contributed by atoms with Gasteiger partial charge in [0.2, 0.25) is 5.91 Å². The van der Waals surface area contributed by atoms with Crippen LogP contribution in [0.25, 0.3) is 0 Å². The van der Waals surface area contributed by atoms with Gasteiger partial charge in [-0.05, 0) is 18.9 Å². The molecule has 4 heteroatoms. The Hall–Kier alpha value is -1.32. The summed E-state index contributed by atoms with van der Waals surface area (Å²) in [7, 11) is 0. The van der Waals surface area contributed by atoms with Crippen molar-refractivity contribution < 1.29 is 14.7 Å². The molecule has 1 aliphatic rings. The lowest BCUT2D eigenvalue weighted by molar-refractivity contribution is -0.138. The molecule has 1 N–H and O–H groups in total. The summed E-state index contributed by atoms with van der Waals surface area (Å²) in [4.78, 5) is 23.8. The van der Waals surface area contributed by atoms with E-state index in [0.29, 0.717) is 6.54 Å². The van der Waals surface area contributed by atoms with Gasteiger partial charge < -0.3 is 10.0 Å². The molecule has 0 bridgehead atoms. The van der Waals surface area contributed by atoms with Crippen molar-refractivity contribution in [2.75, 3.05) is 6.54 Å². The molecule has 1 saturated carbocycles. The summed E-state index contributed by atoms with van der Waals surface area (Å²) in [6.45, 7) is 3.76. The van der Waals surface area contributed by atoms with Gasteiger partial charge in [-0.3, -0.25) is 9.59 Å². The zero-order valence-electron chi connectivity index (χ0n) is 9.52. The van der Waals surface area contributed by atoms with Gasteiger partial charge >= 0.3 is 5.97 Å². The minimum atomic E-state index is -0.863. The first kappa shape index (κ1) is 12.7. The van der Waals surface area contributed by atoms with Crippen molar-refractivity contribution in [3.05, 3.63) is 12.7 Å². The van der Waals surface area contributed by atoms with Gasteiger partial charge in [0.15, 0.2) is 0 Å². The summed E-state index contributed by atoms with van der Waals surface area (Å²) < 4.78 is 0. The molecule has 16 heavy (non-hydrogen) atoms. The van der Waals surface area contributed by atoms with Gasteiger partial charge in [-0.15, -0.1) is 0 Å². The highest BCUT2D eigenvalue weighted by atomic mass is 16.4. The first-order chi connectivity index (χ1) is 7.65. The van der Waals surface area contributed by atoms with Gasteiger partial charge in [-0.2, -0.15) is 0 Å². The first-order valence-corrected chi connectivity index (χ1v) is 5.80. The molecule has 90 valence electrons. The molecule has 1 rings (SSSR count). The number of carbonyl (C=O) groups is 2. The van der Waals surface area contributed by atoms with Gasteiger partial charge in [0.1, 0.15) is 0 Å². The molecule has 0 atom stereocenters. The molecule has 0 heterocycles. The molecule has 1 fully saturated rings. The van der Waals surface area contributed by atoms with Crippen LogP contribution in [0.15, 0.2) is 12.7 Å². The molecular formula is C12H19NO3. The van der Waals surface area contributed by atoms with E-state index in [1.54, 1.807) is 4.90 Å². The Bertz CT molecular complexity index is 269. The SMILES string of the molecule is C=CC(=O)N(CCC(=O)O)C1CCCCC1. The van der Waals surface area contributed by atoms with Crippen molar-refractivity contribution in [2.24, 2.45) is 0 Å². The van der Waals surface area contributed by atoms with Crippen LogP contribution in [-0.2, 0) is 9.59 Å². The molecule has 0 saturated heterocycles. The van der Waals surface area contributed by atoms with Crippen molar-refractivity contribution in [1.29, 1.82) is 0 Å². The maximum atomic E-state index is 11.6. The molecule has 0 aromatic heterocycles. The largest absolute Gasteiger partial charge is 0.481 e. The maximum absolute atomic E-state index is 11.6. The standard InChI is InChI=1S/C12H19NO3/c1-2-11(14)13(9-8-12(15)16)10-6-4-3-5-7-10/h2,10H,1,3-9H2,(H,15,16). The third-order valence-electron chi connectivity index (χ3n) is 3.04. The van der Waals surface area contributed by atoms with Gasteiger partial charge in [-0.25, -0.2) is 0 Å². The van der Waals surface area contributed by atoms with E-state index < -0.39 is 5.97 Å². The molecule has 1 aliphatic carbocycles. The van der Waals surface area contributed by atoms with E-state index in [0.717, 1.165) is 25.7 Å². The minimum Gasteiger partial charge on any atom is -0.481 e. The van der Waals surface area contributed by atoms with Crippen LogP contribution in [0.5, 0.6) is 0 Å². The second-order valence-electron chi connectivity index (χ2n) is 4.17. The van der Waals surface area contributed by atoms with Gasteiger partial charge in [0, 0.05) is 12.6 Å². The van der Waals surface area contributed by atoms with Gasteiger partial charge in [0.25, 0.3) is 0 Å². The van der Waals surface area contributed by atoms with Crippen molar-refractivity contribution in [2.45, 2.75) is 44.6 Å². The lowest BCUT2D eigenvalue weighted by Crippen LogP contribution is -2.41. The van der Waals surface area contributed by atoms with E-state index in [1.165, 1.54) is 12.5 Å². The third-order valence-corrected chi connectivity index (χ3v) is 3.04. The zero-order valence-corrected chi connectivity index (χ0v) is 9.52. The van der Waals surface area contributed by atoms with E-state index in [2.05, 4.69) is 6.58 Å². The Morgan fingerprint density at radius 3 is 2.44 bits per heavy atom. The van der Waals surface area contributed by atoms with Crippen LogP contribution in [0.1, 0.15) is 38.5 Å². The fraction of sp³-hybridized carbons (Fsp3) is 0.667. The number of carbonyl (C=O) groups excluding carboxylic acids is 1. The summed E-state index contributed by atoms with van der Waals surface area (Å²) in [5.74, 6) is -1.01. The first-order valence-electron chi connectivity index (χ1n) is 5.80. The highest BCUT2D eigenvalue weighted by molar-refractivity contribution is 5.87. The monoisotopic (exact) mass is 225 g/mol. The highest BCUT2D eigenvalue weighted by Crippen LogP contribution is 2.23. The van der Waals surface area contributed by atoms with E-state index >= 15 is 0 Å². The molecule has 1 amide bonds. The van der Waals surface area contributed by atoms with Crippen LogP contribution in [0.3, 0.4) is 0 Å². The van der Waals surface area contributed by atoms with Gasteiger partial charge in [-0.1, -0.05) is 25.8 Å². The molecule has 0 radical (unpaired) electrons. The number of amides is 1. The Morgan fingerprint density at radius 1 is 1.31 bits per heavy atom. The number of hydrogen-bond donors (Lipinski definition) is 1.